The van der Waals surface area contributed by atoms with Crippen LogP contribution >= 0.6 is 0 Å². The van der Waals surface area contributed by atoms with E-state index in [0.717, 1.165) is 23.7 Å². The first kappa shape index (κ1) is 9.63. The van der Waals surface area contributed by atoms with E-state index in [9.17, 15) is 0 Å². The number of anilines is 1. The van der Waals surface area contributed by atoms with E-state index in [1.807, 2.05) is 12.1 Å². The minimum absolute atomic E-state index is 0.683. The van der Waals surface area contributed by atoms with Crippen LogP contribution in [0.5, 0.6) is 0 Å². The summed E-state index contributed by atoms with van der Waals surface area (Å²) >= 11 is 0. The van der Waals surface area contributed by atoms with E-state index in [1.165, 1.54) is 25.7 Å². The van der Waals surface area contributed by atoms with Crippen molar-refractivity contribution in [2.45, 2.75) is 32.1 Å². The van der Waals surface area contributed by atoms with Gasteiger partial charge in [0.2, 0.25) is 0 Å². The fourth-order valence-electron chi connectivity index (χ4n) is 2.61. The lowest BCUT2D eigenvalue weighted by atomic mass is 10.0. The molecule has 3 rings (SSSR count). The highest BCUT2D eigenvalue weighted by molar-refractivity contribution is 5.46. The van der Waals surface area contributed by atoms with Crippen molar-refractivity contribution in [3.05, 3.63) is 24.0 Å². The van der Waals surface area contributed by atoms with Gasteiger partial charge < -0.3 is 5.73 Å². The molecule has 2 heterocycles. The lowest BCUT2D eigenvalue weighted by molar-refractivity contribution is 0.539. The molecule has 0 unspecified atom stereocenters. The number of nitrogens with two attached hydrogens (primary N) is 1. The summed E-state index contributed by atoms with van der Waals surface area (Å²) in [6.45, 7) is 0. The van der Waals surface area contributed by atoms with Gasteiger partial charge in [0.05, 0.1) is 6.20 Å². The number of nitrogens with zero attached hydrogens (tertiary/aromatic N) is 3. The summed E-state index contributed by atoms with van der Waals surface area (Å²) in [4.78, 5) is 4.58. The Bertz CT molecular complexity index is 497. The monoisotopic (exact) mass is 216 g/mol. The minimum atomic E-state index is 0.683. The molecule has 0 aromatic carbocycles. The van der Waals surface area contributed by atoms with Crippen LogP contribution < -0.4 is 5.73 Å². The Morgan fingerprint density at radius 3 is 3.00 bits per heavy atom. The van der Waals surface area contributed by atoms with Crippen LogP contribution in [0.4, 0.5) is 5.82 Å². The van der Waals surface area contributed by atoms with Crippen LogP contribution in [-0.4, -0.2) is 14.6 Å². The highest BCUT2D eigenvalue weighted by Gasteiger charge is 2.16. The molecule has 1 saturated carbocycles. The zero-order chi connectivity index (χ0) is 11.0. The van der Waals surface area contributed by atoms with E-state index in [1.54, 1.807) is 10.7 Å². The third kappa shape index (κ3) is 1.64. The van der Waals surface area contributed by atoms with Gasteiger partial charge in [-0.05, 0) is 12.3 Å². The lowest BCUT2D eigenvalue weighted by Crippen LogP contribution is -2.06. The molecule has 0 bridgehead atoms. The Labute approximate surface area is 94.5 Å². The molecule has 0 aliphatic heterocycles. The molecular weight excluding hydrogens is 200 g/mol. The van der Waals surface area contributed by atoms with E-state index in [0.29, 0.717) is 5.82 Å². The Balaban J connectivity index is 1.91. The maximum absolute atomic E-state index is 5.94. The van der Waals surface area contributed by atoms with Gasteiger partial charge in [-0.2, -0.15) is 9.61 Å². The van der Waals surface area contributed by atoms with Crippen LogP contribution in [0.3, 0.4) is 0 Å². The number of nitrogen functional groups attached to an aromatic ring is 1. The predicted molar refractivity (Wildman–Crippen MR) is 63.1 cm³/mol. The SMILES string of the molecule is Nc1cc(CC2CCCC2)nc2ccnn12. The van der Waals surface area contributed by atoms with Gasteiger partial charge in [-0.3, -0.25) is 0 Å². The normalized spacial score (nSPS) is 17.2. The maximum atomic E-state index is 5.94. The molecule has 16 heavy (non-hydrogen) atoms. The first-order valence-electron chi connectivity index (χ1n) is 5.92. The Morgan fingerprint density at radius 1 is 1.38 bits per heavy atom. The largest absolute Gasteiger partial charge is 0.384 e. The molecule has 4 heteroatoms. The molecular formula is C12H16N4. The van der Waals surface area contributed by atoms with Crippen molar-refractivity contribution in [3.8, 4) is 0 Å². The summed E-state index contributed by atoms with van der Waals surface area (Å²) in [6, 6.07) is 3.85. The summed E-state index contributed by atoms with van der Waals surface area (Å²) in [6.07, 6.45) is 8.21. The third-order valence-electron chi connectivity index (χ3n) is 3.41. The predicted octanol–water partition coefficient (Wildman–Crippen LogP) is 2.04. The average molecular weight is 216 g/mol. The molecule has 0 atom stereocenters. The molecule has 0 saturated heterocycles. The van der Waals surface area contributed by atoms with E-state index in [-0.39, 0.29) is 0 Å². The minimum Gasteiger partial charge on any atom is -0.384 e. The quantitative estimate of drug-likeness (QED) is 0.835. The van der Waals surface area contributed by atoms with Crippen LogP contribution in [0.1, 0.15) is 31.4 Å². The van der Waals surface area contributed by atoms with Crippen LogP contribution in [0.15, 0.2) is 18.3 Å². The standard InChI is InChI=1S/C12H16N4/c13-11-8-10(7-9-3-1-2-4-9)15-12-5-6-14-16(11)12/h5-6,8-9H,1-4,7,13H2. The fourth-order valence-corrected chi connectivity index (χ4v) is 2.61. The zero-order valence-corrected chi connectivity index (χ0v) is 9.26. The van der Waals surface area contributed by atoms with Crippen molar-refractivity contribution in [2.24, 2.45) is 5.92 Å². The molecule has 2 aromatic rings. The zero-order valence-electron chi connectivity index (χ0n) is 9.26. The van der Waals surface area contributed by atoms with Crippen molar-refractivity contribution in [1.29, 1.82) is 0 Å². The van der Waals surface area contributed by atoms with Gasteiger partial charge in [-0.25, -0.2) is 4.98 Å². The molecule has 4 nitrogen and oxygen atoms in total. The van der Waals surface area contributed by atoms with Gasteiger partial charge in [-0.1, -0.05) is 25.7 Å². The van der Waals surface area contributed by atoms with Crippen molar-refractivity contribution in [2.75, 3.05) is 5.73 Å². The van der Waals surface area contributed by atoms with Crippen molar-refractivity contribution >= 4 is 11.5 Å². The third-order valence-corrected chi connectivity index (χ3v) is 3.41. The van der Waals surface area contributed by atoms with Crippen LogP contribution in [0.2, 0.25) is 0 Å². The molecule has 0 spiro atoms. The summed E-state index contributed by atoms with van der Waals surface area (Å²) in [5.41, 5.74) is 7.90. The van der Waals surface area contributed by atoms with E-state index in [2.05, 4.69) is 10.1 Å². The van der Waals surface area contributed by atoms with Crippen LogP contribution in [0, 0.1) is 5.92 Å². The summed E-state index contributed by atoms with van der Waals surface area (Å²) in [5, 5.41) is 4.12. The highest BCUT2D eigenvalue weighted by Crippen LogP contribution is 2.27. The molecule has 0 radical (unpaired) electrons. The number of rotatable bonds is 2. The molecule has 2 aromatic heterocycles. The molecule has 1 fully saturated rings. The average Bonchev–Trinajstić information content (AvgIpc) is 2.87. The fraction of sp³-hybridized carbons (Fsp3) is 0.500. The second-order valence-corrected chi connectivity index (χ2v) is 4.63. The first-order chi connectivity index (χ1) is 7.83. The van der Waals surface area contributed by atoms with Gasteiger partial charge in [-0.15, -0.1) is 0 Å². The maximum Gasteiger partial charge on any atom is 0.157 e. The van der Waals surface area contributed by atoms with Gasteiger partial charge in [0.1, 0.15) is 5.82 Å². The topological polar surface area (TPSA) is 56.2 Å². The number of hydrogen-bond acceptors (Lipinski definition) is 3. The van der Waals surface area contributed by atoms with Crippen LogP contribution in [0.25, 0.3) is 5.65 Å². The highest BCUT2D eigenvalue weighted by atomic mass is 15.3. The van der Waals surface area contributed by atoms with E-state index < -0.39 is 0 Å². The molecule has 1 aliphatic carbocycles. The Kier molecular flexibility index (Phi) is 2.27. The van der Waals surface area contributed by atoms with E-state index >= 15 is 0 Å². The lowest BCUT2D eigenvalue weighted by Gasteiger charge is -2.09. The number of fused-ring (bicyclic) bond motifs is 1. The summed E-state index contributed by atoms with van der Waals surface area (Å²) in [5.74, 6) is 1.49. The van der Waals surface area contributed by atoms with Gasteiger partial charge in [0.25, 0.3) is 0 Å². The second-order valence-electron chi connectivity index (χ2n) is 4.63. The van der Waals surface area contributed by atoms with Crippen LogP contribution in [-0.2, 0) is 6.42 Å². The van der Waals surface area contributed by atoms with Crippen molar-refractivity contribution in [1.82, 2.24) is 14.6 Å². The number of aromatic nitrogens is 3. The van der Waals surface area contributed by atoms with Gasteiger partial charge in [0.15, 0.2) is 5.65 Å². The van der Waals surface area contributed by atoms with Crippen molar-refractivity contribution in [3.63, 3.8) is 0 Å². The summed E-state index contributed by atoms with van der Waals surface area (Å²) < 4.78 is 1.68. The van der Waals surface area contributed by atoms with Crippen molar-refractivity contribution < 1.29 is 0 Å². The van der Waals surface area contributed by atoms with Gasteiger partial charge in [0, 0.05) is 17.8 Å². The Hall–Kier alpha value is -1.58. The van der Waals surface area contributed by atoms with Gasteiger partial charge >= 0.3 is 0 Å². The molecule has 1 aliphatic rings. The Morgan fingerprint density at radius 2 is 2.19 bits per heavy atom. The molecule has 84 valence electrons. The second kappa shape index (κ2) is 3.77. The molecule has 2 N–H and O–H groups in total. The number of hydrogen-bond donors (Lipinski definition) is 1. The van der Waals surface area contributed by atoms with E-state index in [4.69, 9.17) is 5.73 Å². The molecule has 0 amide bonds. The first-order valence-corrected chi connectivity index (χ1v) is 5.92. The summed E-state index contributed by atoms with van der Waals surface area (Å²) in [7, 11) is 0. The smallest absolute Gasteiger partial charge is 0.157 e.